The SMILES string of the molecule is N.O=S(=O)(O)O.c1ccc(Oc2ccccc2)cc1. The minimum atomic E-state index is -4.67. The van der Waals surface area contributed by atoms with Gasteiger partial charge in [0.15, 0.2) is 0 Å². The van der Waals surface area contributed by atoms with Crippen molar-refractivity contribution in [3.8, 4) is 11.5 Å². The van der Waals surface area contributed by atoms with Gasteiger partial charge in [-0.05, 0) is 24.3 Å². The summed E-state index contributed by atoms with van der Waals surface area (Å²) in [6.45, 7) is 0. The lowest BCUT2D eigenvalue weighted by atomic mass is 10.3. The van der Waals surface area contributed by atoms with E-state index in [1.54, 1.807) is 0 Å². The maximum atomic E-state index is 8.74. The fraction of sp³-hybridized carbons (Fsp3) is 0. The Morgan fingerprint density at radius 2 is 1.00 bits per heavy atom. The van der Waals surface area contributed by atoms with Crippen molar-refractivity contribution in [2.24, 2.45) is 0 Å². The van der Waals surface area contributed by atoms with E-state index < -0.39 is 10.4 Å². The lowest BCUT2D eigenvalue weighted by Gasteiger charge is -2.03. The van der Waals surface area contributed by atoms with Crippen LogP contribution in [0.1, 0.15) is 0 Å². The summed E-state index contributed by atoms with van der Waals surface area (Å²) in [5.41, 5.74) is 0. The second-order valence-corrected chi connectivity index (χ2v) is 4.07. The highest BCUT2D eigenvalue weighted by Gasteiger charge is 1.92. The van der Waals surface area contributed by atoms with Crippen LogP contribution in [0, 0.1) is 0 Å². The smallest absolute Gasteiger partial charge is 0.394 e. The predicted octanol–water partition coefficient (Wildman–Crippen LogP) is 2.99. The molecule has 7 heteroatoms. The molecule has 0 fully saturated rings. The molecule has 0 aliphatic heterocycles. The lowest BCUT2D eigenvalue weighted by molar-refractivity contribution is 0.381. The molecule has 0 heterocycles. The number of ether oxygens (including phenoxy) is 1. The van der Waals surface area contributed by atoms with E-state index in [0.717, 1.165) is 11.5 Å². The molecular formula is C12H15NO5S. The highest BCUT2D eigenvalue weighted by Crippen LogP contribution is 2.19. The molecule has 0 saturated carbocycles. The zero-order valence-corrected chi connectivity index (χ0v) is 10.8. The van der Waals surface area contributed by atoms with E-state index in [2.05, 4.69) is 0 Å². The second-order valence-electron chi connectivity index (χ2n) is 3.18. The van der Waals surface area contributed by atoms with E-state index in [0.29, 0.717) is 0 Å². The van der Waals surface area contributed by atoms with E-state index >= 15 is 0 Å². The first kappa shape index (κ1) is 17.1. The van der Waals surface area contributed by atoms with Crippen molar-refractivity contribution in [3.05, 3.63) is 60.7 Å². The Hall–Kier alpha value is -1.93. The van der Waals surface area contributed by atoms with Gasteiger partial charge in [0.2, 0.25) is 0 Å². The molecule has 2 aromatic rings. The molecule has 5 N–H and O–H groups in total. The summed E-state index contributed by atoms with van der Waals surface area (Å²) in [6.07, 6.45) is 0. The Morgan fingerprint density at radius 1 is 0.737 bits per heavy atom. The molecule has 2 aromatic carbocycles. The molecule has 0 amide bonds. The number of para-hydroxylation sites is 2. The minimum absolute atomic E-state index is 0. The summed E-state index contributed by atoms with van der Waals surface area (Å²) >= 11 is 0. The highest BCUT2D eigenvalue weighted by molar-refractivity contribution is 7.79. The molecule has 19 heavy (non-hydrogen) atoms. The van der Waals surface area contributed by atoms with Crippen LogP contribution < -0.4 is 10.9 Å². The Kier molecular flexibility index (Phi) is 7.39. The number of benzene rings is 2. The van der Waals surface area contributed by atoms with Crippen LogP contribution in [0.25, 0.3) is 0 Å². The van der Waals surface area contributed by atoms with Crippen molar-refractivity contribution < 1.29 is 22.3 Å². The summed E-state index contributed by atoms with van der Waals surface area (Å²) in [7, 11) is -4.67. The highest BCUT2D eigenvalue weighted by atomic mass is 32.3. The predicted molar refractivity (Wildman–Crippen MR) is 72.2 cm³/mol. The van der Waals surface area contributed by atoms with Crippen LogP contribution in [0.15, 0.2) is 60.7 Å². The molecule has 0 aromatic heterocycles. The average Bonchev–Trinajstić information content (AvgIpc) is 2.29. The first-order valence-electron chi connectivity index (χ1n) is 4.93. The van der Waals surface area contributed by atoms with Crippen molar-refractivity contribution in [1.82, 2.24) is 6.15 Å². The molecule has 0 aliphatic carbocycles. The van der Waals surface area contributed by atoms with E-state index in [1.165, 1.54) is 0 Å². The molecule has 0 saturated heterocycles. The molecular weight excluding hydrogens is 270 g/mol. The third-order valence-corrected chi connectivity index (χ3v) is 1.72. The zero-order chi connectivity index (χ0) is 13.4. The van der Waals surface area contributed by atoms with Crippen LogP contribution in [-0.4, -0.2) is 17.5 Å². The Labute approximate surface area is 111 Å². The van der Waals surface area contributed by atoms with Crippen LogP contribution in [0.2, 0.25) is 0 Å². The van der Waals surface area contributed by atoms with E-state index in [1.807, 2.05) is 60.7 Å². The molecule has 0 radical (unpaired) electrons. The summed E-state index contributed by atoms with van der Waals surface area (Å²) in [5.74, 6) is 1.74. The maximum Gasteiger partial charge on any atom is 0.394 e. The second kappa shape index (κ2) is 8.22. The van der Waals surface area contributed by atoms with Crippen LogP contribution in [-0.2, 0) is 10.4 Å². The summed E-state index contributed by atoms with van der Waals surface area (Å²) < 4.78 is 37.2. The van der Waals surface area contributed by atoms with Gasteiger partial charge in [0, 0.05) is 0 Å². The first-order chi connectivity index (χ1) is 8.45. The van der Waals surface area contributed by atoms with Gasteiger partial charge in [-0.15, -0.1) is 0 Å². The summed E-state index contributed by atoms with van der Waals surface area (Å²) in [6, 6.07) is 19.5. The molecule has 2 rings (SSSR count). The van der Waals surface area contributed by atoms with Crippen molar-refractivity contribution in [3.63, 3.8) is 0 Å². The van der Waals surface area contributed by atoms with Crippen LogP contribution in [0.5, 0.6) is 11.5 Å². The molecule has 0 spiro atoms. The topological polar surface area (TPSA) is 119 Å². The van der Waals surface area contributed by atoms with Gasteiger partial charge in [-0.3, -0.25) is 9.11 Å². The Morgan fingerprint density at radius 3 is 1.26 bits per heavy atom. The van der Waals surface area contributed by atoms with Crippen LogP contribution in [0.4, 0.5) is 0 Å². The van der Waals surface area contributed by atoms with Gasteiger partial charge >= 0.3 is 10.4 Å². The molecule has 0 bridgehead atoms. The van der Waals surface area contributed by atoms with Crippen molar-refractivity contribution in [2.75, 3.05) is 0 Å². The van der Waals surface area contributed by atoms with Gasteiger partial charge < -0.3 is 10.9 Å². The fourth-order valence-electron chi connectivity index (χ4n) is 1.11. The molecule has 104 valence electrons. The van der Waals surface area contributed by atoms with Crippen molar-refractivity contribution in [2.45, 2.75) is 0 Å². The normalized spacial score (nSPS) is 9.58. The van der Waals surface area contributed by atoms with Gasteiger partial charge in [0.1, 0.15) is 11.5 Å². The Bertz CT molecular complexity index is 512. The standard InChI is InChI=1S/C12H10O.H3N.H2O4S/c1-3-7-11(8-4-1)13-12-9-5-2-6-10-12;;1-5(2,3)4/h1-10H;1H3;(H2,1,2,3,4). The average molecular weight is 285 g/mol. The quantitative estimate of drug-likeness (QED) is 0.730. The number of rotatable bonds is 2. The largest absolute Gasteiger partial charge is 0.457 e. The van der Waals surface area contributed by atoms with Gasteiger partial charge in [-0.25, -0.2) is 0 Å². The summed E-state index contributed by atoms with van der Waals surface area (Å²) in [4.78, 5) is 0. The maximum absolute atomic E-state index is 8.74. The van der Waals surface area contributed by atoms with Crippen LogP contribution >= 0.6 is 0 Å². The first-order valence-corrected chi connectivity index (χ1v) is 6.33. The lowest BCUT2D eigenvalue weighted by Crippen LogP contribution is -1.89. The minimum Gasteiger partial charge on any atom is -0.457 e. The van der Waals surface area contributed by atoms with E-state index in [-0.39, 0.29) is 6.15 Å². The van der Waals surface area contributed by atoms with E-state index in [9.17, 15) is 0 Å². The molecule has 0 aliphatic rings. The van der Waals surface area contributed by atoms with Crippen molar-refractivity contribution in [1.29, 1.82) is 0 Å². The molecule has 0 atom stereocenters. The zero-order valence-electron chi connectivity index (χ0n) is 10.0. The third kappa shape index (κ3) is 9.74. The fourth-order valence-corrected chi connectivity index (χ4v) is 1.11. The van der Waals surface area contributed by atoms with Crippen LogP contribution in [0.3, 0.4) is 0 Å². The third-order valence-electron chi connectivity index (χ3n) is 1.72. The van der Waals surface area contributed by atoms with E-state index in [4.69, 9.17) is 22.3 Å². The number of hydrogen-bond acceptors (Lipinski definition) is 4. The van der Waals surface area contributed by atoms with Gasteiger partial charge in [0.05, 0.1) is 0 Å². The van der Waals surface area contributed by atoms with Gasteiger partial charge in [-0.1, -0.05) is 36.4 Å². The molecule has 0 unspecified atom stereocenters. The van der Waals surface area contributed by atoms with Gasteiger partial charge in [0.25, 0.3) is 0 Å². The monoisotopic (exact) mass is 285 g/mol. The molecule has 6 nitrogen and oxygen atoms in total. The number of hydrogen-bond donors (Lipinski definition) is 3. The van der Waals surface area contributed by atoms with Gasteiger partial charge in [-0.2, -0.15) is 8.42 Å². The Balaban J connectivity index is 0.000000471. The van der Waals surface area contributed by atoms with Crippen molar-refractivity contribution >= 4 is 10.4 Å². The summed E-state index contributed by atoms with van der Waals surface area (Å²) in [5, 5.41) is 0.